The number of amides is 2. The van der Waals surface area contributed by atoms with Gasteiger partial charge in [0.05, 0.1) is 22.5 Å². The van der Waals surface area contributed by atoms with Crippen molar-refractivity contribution in [2.45, 2.75) is 44.9 Å². The summed E-state index contributed by atoms with van der Waals surface area (Å²) in [5.41, 5.74) is 1.76. The Morgan fingerprint density at radius 3 is 2.61 bits per heavy atom. The minimum Gasteiger partial charge on any atom is -0.296 e. The smallest absolute Gasteiger partial charge is 0.235 e. The van der Waals surface area contributed by atoms with Gasteiger partial charge in [0, 0.05) is 13.5 Å². The zero-order chi connectivity index (χ0) is 16.9. The summed E-state index contributed by atoms with van der Waals surface area (Å²) >= 11 is 0. The fraction of sp³-hybridized carbons (Fsp3) is 0.471. The molecular formula is C17H20FN3O2. The van der Waals surface area contributed by atoms with Gasteiger partial charge in [-0.15, -0.1) is 0 Å². The Labute approximate surface area is 133 Å². The van der Waals surface area contributed by atoms with Crippen molar-refractivity contribution in [1.82, 2.24) is 15.1 Å². The first-order valence-electron chi connectivity index (χ1n) is 7.69. The minimum absolute atomic E-state index is 0.186. The molecule has 1 fully saturated rings. The van der Waals surface area contributed by atoms with Crippen LogP contribution in [0.5, 0.6) is 0 Å². The number of imide groups is 1. The first kappa shape index (κ1) is 15.6. The van der Waals surface area contributed by atoms with E-state index in [2.05, 4.69) is 10.4 Å². The fourth-order valence-electron chi connectivity index (χ4n) is 3.00. The van der Waals surface area contributed by atoms with Crippen LogP contribution in [0.4, 0.5) is 4.39 Å². The zero-order valence-corrected chi connectivity index (χ0v) is 13.7. The number of aryl methyl sites for hydroxylation is 1. The standard InChI is InChI=1S/C17H20FN3O2/c1-17(2,3)9-7-11(18)14-12(8-9)21(4)20-15(14)10-5-6-13(22)19-16(10)23/h7-8,10H,5-6H2,1-4H3,(H,19,22,23). The first-order valence-corrected chi connectivity index (χ1v) is 7.69. The second-order valence-corrected chi connectivity index (χ2v) is 7.11. The molecule has 1 atom stereocenters. The third-order valence-corrected chi connectivity index (χ3v) is 4.37. The Hall–Kier alpha value is -2.24. The molecule has 0 spiro atoms. The van der Waals surface area contributed by atoms with E-state index in [0.717, 1.165) is 5.56 Å². The largest absolute Gasteiger partial charge is 0.296 e. The zero-order valence-electron chi connectivity index (χ0n) is 13.7. The topological polar surface area (TPSA) is 64.0 Å². The number of nitrogens with zero attached hydrogens (tertiary/aromatic N) is 2. The number of carbonyl (C=O) groups is 2. The highest BCUT2D eigenvalue weighted by Crippen LogP contribution is 2.34. The van der Waals surface area contributed by atoms with Crippen LogP contribution in [-0.2, 0) is 22.1 Å². The lowest BCUT2D eigenvalue weighted by molar-refractivity contribution is -0.134. The highest BCUT2D eigenvalue weighted by atomic mass is 19.1. The normalized spacial score (nSPS) is 19.3. The molecule has 1 aliphatic rings. The van der Waals surface area contributed by atoms with Crippen LogP contribution in [0.1, 0.15) is 50.8 Å². The molecular weight excluding hydrogens is 297 g/mol. The molecule has 1 unspecified atom stereocenters. The van der Waals surface area contributed by atoms with Crippen molar-refractivity contribution < 1.29 is 14.0 Å². The van der Waals surface area contributed by atoms with Gasteiger partial charge in [0.2, 0.25) is 11.8 Å². The Morgan fingerprint density at radius 2 is 2.00 bits per heavy atom. The summed E-state index contributed by atoms with van der Waals surface area (Å²) in [4.78, 5) is 23.4. The van der Waals surface area contributed by atoms with Crippen molar-refractivity contribution in [3.05, 3.63) is 29.2 Å². The molecule has 0 aliphatic carbocycles. The molecule has 1 aromatic heterocycles. The Kier molecular flexibility index (Phi) is 3.50. The third-order valence-electron chi connectivity index (χ3n) is 4.37. The maximum atomic E-state index is 14.8. The highest BCUT2D eigenvalue weighted by molar-refractivity contribution is 6.02. The second kappa shape index (κ2) is 5.15. The van der Waals surface area contributed by atoms with Gasteiger partial charge in [-0.05, 0) is 29.5 Å². The van der Waals surface area contributed by atoms with Crippen LogP contribution in [0.25, 0.3) is 10.9 Å². The molecule has 0 bridgehead atoms. The molecule has 5 nitrogen and oxygen atoms in total. The van der Waals surface area contributed by atoms with Crippen LogP contribution in [0.2, 0.25) is 0 Å². The van der Waals surface area contributed by atoms with Crippen LogP contribution >= 0.6 is 0 Å². The van der Waals surface area contributed by atoms with Gasteiger partial charge in [0.15, 0.2) is 0 Å². The van der Waals surface area contributed by atoms with Gasteiger partial charge >= 0.3 is 0 Å². The fourth-order valence-corrected chi connectivity index (χ4v) is 3.00. The number of benzene rings is 1. The Morgan fingerprint density at radius 1 is 1.30 bits per heavy atom. The molecule has 0 saturated carbocycles. The van der Waals surface area contributed by atoms with Crippen molar-refractivity contribution in [3.63, 3.8) is 0 Å². The quantitative estimate of drug-likeness (QED) is 0.822. The van der Waals surface area contributed by atoms with E-state index >= 15 is 0 Å². The Balaban J connectivity index is 2.17. The molecule has 0 radical (unpaired) electrons. The number of piperidine rings is 1. The Bertz CT molecular complexity index is 817. The van der Waals surface area contributed by atoms with Gasteiger partial charge in [-0.2, -0.15) is 5.10 Å². The molecule has 1 aliphatic heterocycles. The summed E-state index contributed by atoms with van der Waals surface area (Å²) < 4.78 is 16.4. The number of hydrogen-bond donors (Lipinski definition) is 1. The van der Waals surface area contributed by atoms with Crippen molar-refractivity contribution in [3.8, 4) is 0 Å². The lowest BCUT2D eigenvalue weighted by atomic mass is 9.85. The van der Waals surface area contributed by atoms with Gasteiger partial charge < -0.3 is 0 Å². The van der Waals surface area contributed by atoms with Gasteiger partial charge in [0.25, 0.3) is 0 Å². The maximum Gasteiger partial charge on any atom is 0.235 e. The average molecular weight is 317 g/mol. The average Bonchev–Trinajstić information content (AvgIpc) is 2.75. The van der Waals surface area contributed by atoms with Crippen LogP contribution in [0, 0.1) is 5.82 Å². The molecule has 23 heavy (non-hydrogen) atoms. The lowest BCUT2D eigenvalue weighted by Crippen LogP contribution is -2.39. The van der Waals surface area contributed by atoms with Crippen LogP contribution < -0.4 is 5.32 Å². The number of carbonyl (C=O) groups excluding carboxylic acids is 2. The summed E-state index contributed by atoms with van der Waals surface area (Å²) in [7, 11) is 1.74. The van der Waals surface area contributed by atoms with Crippen LogP contribution in [0.15, 0.2) is 12.1 Å². The summed E-state index contributed by atoms with van der Waals surface area (Å²) in [6.07, 6.45) is 0.605. The van der Waals surface area contributed by atoms with E-state index in [4.69, 9.17) is 0 Å². The van der Waals surface area contributed by atoms with Gasteiger partial charge in [-0.3, -0.25) is 19.6 Å². The summed E-state index contributed by atoms with van der Waals surface area (Å²) in [6.45, 7) is 6.06. The summed E-state index contributed by atoms with van der Waals surface area (Å²) in [5.74, 6) is -1.66. The second-order valence-electron chi connectivity index (χ2n) is 7.11. The molecule has 1 aromatic carbocycles. The van der Waals surface area contributed by atoms with E-state index in [1.807, 2.05) is 26.8 Å². The van der Waals surface area contributed by atoms with Gasteiger partial charge in [-0.25, -0.2) is 4.39 Å². The number of nitrogens with one attached hydrogen (secondary N) is 1. The van der Waals surface area contributed by atoms with E-state index in [1.54, 1.807) is 11.7 Å². The third kappa shape index (κ3) is 2.62. The summed E-state index contributed by atoms with van der Waals surface area (Å²) in [5, 5.41) is 7.06. The molecule has 2 amide bonds. The molecule has 6 heteroatoms. The van der Waals surface area contributed by atoms with E-state index in [1.165, 1.54) is 6.07 Å². The van der Waals surface area contributed by atoms with Crippen LogP contribution in [0.3, 0.4) is 0 Å². The van der Waals surface area contributed by atoms with Crippen LogP contribution in [-0.4, -0.2) is 21.6 Å². The van der Waals surface area contributed by atoms with E-state index in [0.29, 0.717) is 23.0 Å². The predicted molar refractivity (Wildman–Crippen MR) is 84.5 cm³/mol. The number of rotatable bonds is 1. The highest BCUT2D eigenvalue weighted by Gasteiger charge is 2.33. The maximum absolute atomic E-state index is 14.8. The predicted octanol–water partition coefficient (Wildman–Crippen LogP) is 2.53. The number of halogens is 1. The van der Waals surface area contributed by atoms with Crippen molar-refractivity contribution in [1.29, 1.82) is 0 Å². The molecule has 2 heterocycles. The SMILES string of the molecule is Cn1nc(C2CCC(=O)NC2=O)c2c(F)cc(C(C)(C)C)cc21. The summed E-state index contributed by atoms with van der Waals surface area (Å²) in [6, 6.07) is 3.43. The molecule has 122 valence electrons. The number of fused-ring (bicyclic) bond motifs is 1. The monoisotopic (exact) mass is 317 g/mol. The van der Waals surface area contributed by atoms with Crippen molar-refractivity contribution in [2.24, 2.45) is 7.05 Å². The van der Waals surface area contributed by atoms with Gasteiger partial charge in [0.1, 0.15) is 5.82 Å². The molecule has 3 rings (SSSR count). The first-order chi connectivity index (χ1) is 10.7. The number of hydrogen-bond acceptors (Lipinski definition) is 3. The van der Waals surface area contributed by atoms with Crippen molar-refractivity contribution in [2.75, 3.05) is 0 Å². The van der Waals surface area contributed by atoms with E-state index in [-0.39, 0.29) is 23.6 Å². The van der Waals surface area contributed by atoms with Crippen molar-refractivity contribution >= 4 is 22.7 Å². The van der Waals surface area contributed by atoms with E-state index < -0.39 is 11.8 Å². The van der Waals surface area contributed by atoms with E-state index in [9.17, 15) is 14.0 Å². The number of aromatic nitrogens is 2. The van der Waals surface area contributed by atoms with Gasteiger partial charge in [-0.1, -0.05) is 20.8 Å². The minimum atomic E-state index is -0.591. The lowest BCUT2D eigenvalue weighted by Gasteiger charge is -2.21. The molecule has 1 saturated heterocycles. The molecule has 2 aromatic rings. The molecule has 1 N–H and O–H groups in total.